The number of fused-ring (bicyclic) bond motifs is 1. The summed E-state index contributed by atoms with van der Waals surface area (Å²) in [5.74, 6) is 0.405. The first kappa shape index (κ1) is 22.1. The van der Waals surface area contributed by atoms with Gasteiger partial charge in [0.05, 0.1) is 24.3 Å². The Morgan fingerprint density at radius 2 is 1.79 bits per heavy atom. The molecule has 0 bridgehead atoms. The zero-order valence-electron chi connectivity index (χ0n) is 17.4. The van der Waals surface area contributed by atoms with Gasteiger partial charge in [0, 0.05) is 23.3 Å². The Hall–Kier alpha value is -4.15. The van der Waals surface area contributed by atoms with E-state index >= 15 is 0 Å². The maximum atomic E-state index is 13.4. The number of anilines is 1. The molecule has 2 N–H and O–H groups in total. The molecule has 1 amide bonds. The number of alkyl halides is 3. The fraction of sp³-hybridized carbons (Fsp3) is 0.182. The quantitative estimate of drug-likeness (QED) is 0.492. The number of carbonyl (C=O) groups excluding carboxylic acids is 1. The van der Waals surface area contributed by atoms with E-state index in [0.717, 1.165) is 17.0 Å². The Kier molecular flexibility index (Phi) is 5.86. The van der Waals surface area contributed by atoms with E-state index in [-0.39, 0.29) is 24.7 Å². The molecule has 0 atom stereocenters. The predicted molar refractivity (Wildman–Crippen MR) is 114 cm³/mol. The van der Waals surface area contributed by atoms with E-state index in [1.807, 2.05) is 13.0 Å². The molecule has 4 aromatic rings. The van der Waals surface area contributed by atoms with Gasteiger partial charge in [0.1, 0.15) is 11.6 Å². The summed E-state index contributed by atoms with van der Waals surface area (Å²) in [7, 11) is 0. The van der Waals surface area contributed by atoms with Crippen molar-refractivity contribution in [3.05, 3.63) is 83.2 Å². The highest BCUT2D eigenvalue weighted by atomic mass is 19.4. The Morgan fingerprint density at radius 3 is 2.45 bits per heavy atom. The van der Waals surface area contributed by atoms with E-state index in [9.17, 15) is 18.0 Å². The highest BCUT2D eigenvalue weighted by molar-refractivity contribution is 5.98. The zero-order chi connectivity index (χ0) is 23.6. The van der Waals surface area contributed by atoms with Crippen molar-refractivity contribution in [2.75, 3.05) is 5.73 Å². The monoisotopic (exact) mass is 453 g/mol. The third-order valence-corrected chi connectivity index (χ3v) is 4.89. The summed E-state index contributed by atoms with van der Waals surface area (Å²) in [5.41, 5.74) is 6.73. The molecule has 0 saturated heterocycles. The molecule has 0 unspecified atom stereocenters. The van der Waals surface area contributed by atoms with Crippen LogP contribution in [0.2, 0.25) is 0 Å². The molecule has 0 saturated carbocycles. The number of nitrogens with two attached hydrogens (primary N) is 1. The van der Waals surface area contributed by atoms with Crippen LogP contribution in [0, 0.1) is 6.92 Å². The van der Waals surface area contributed by atoms with Crippen molar-refractivity contribution in [2.45, 2.75) is 26.2 Å². The van der Waals surface area contributed by atoms with Crippen molar-refractivity contribution in [1.29, 1.82) is 0 Å². The van der Waals surface area contributed by atoms with Gasteiger partial charge in [-0.05, 0) is 55.0 Å². The summed E-state index contributed by atoms with van der Waals surface area (Å²) in [6, 6.07) is 10.5. The van der Waals surface area contributed by atoms with E-state index in [0.29, 0.717) is 22.7 Å². The normalized spacial score (nSPS) is 11.5. The predicted octanol–water partition coefficient (Wildman–Crippen LogP) is 3.57. The lowest BCUT2D eigenvalue weighted by molar-refractivity contribution is -0.141. The number of nitrogen functional groups attached to an aromatic ring is 1. The number of amides is 1. The first-order valence-corrected chi connectivity index (χ1v) is 9.82. The van der Waals surface area contributed by atoms with Crippen LogP contribution < -0.4 is 5.73 Å². The van der Waals surface area contributed by atoms with Gasteiger partial charge in [0.15, 0.2) is 5.69 Å². The van der Waals surface area contributed by atoms with E-state index in [2.05, 4.69) is 25.1 Å². The number of aromatic nitrogens is 5. The Labute approximate surface area is 186 Å². The van der Waals surface area contributed by atoms with Crippen LogP contribution in [-0.2, 0) is 19.3 Å². The van der Waals surface area contributed by atoms with Crippen molar-refractivity contribution in [3.8, 4) is 0 Å². The Bertz CT molecular complexity index is 1300. The van der Waals surface area contributed by atoms with Crippen LogP contribution in [0.5, 0.6) is 0 Å². The topological polar surface area (TPSA) is 111 Å². The summed E-state index contributed by atoms with van der Waals surface area (Å²) in [4.78, 5) is 27.4. The van der Waals surface area contributed by atoms with E-state index in [1.54, 1.807) is 24.3 Å². The molecule has 11 heteroatoms. The van der Waals surface area contributed by atoms with Crippen LogP contribution in [0.25, 0.3) is 10.9 Å². The van der Waals surface area contributed by atoms with Gasteiger partial charge in [0.2, 0.25) is 0 Å². The molecule has 33 heavy (non-hydrogen) atoms. The standard InChI is InChI=1S/C22H18F3N7O/c1-13-9-15-10-14(3-5-17(15)29-20(13)26)21(33)32(12-19-27-7-2-8-28-19)11-16-4-6-18(31-30-16)22(23,24)25/h2-10H,11-12H2,1H3,(H2,26,29). The first-order chi connectivity index (χ1) is 15.7. The van der Waals surface area contributed by atoms with Crippen LogP contribution in [0.4, 0.5) is 19.0 Å². The zero-order valence-corrected chi connectivity index (χ0v) is 17.4. The molecule has 3 aromatic heterocycles. The number of hydrogen-bond acceptors (Lipinski definition) is 7. The summed E-state index contributed by atoms with van der Waals surface area (Å²) in [6.07, 6.45) is -1.52. The van der Waals surface area contributed by atoms with E-state index in [1.165, 1.54) is 23.4 Å². The molecule has 0 aliphatic carbocycles. The van der Waals surface area contributed by atoms with Crippen molar-refractivity contribution in [3.63, 3.8) is 0 Å². The van der Waals surface area contributed by atoms with E-state index < -0.39 is 11.9 Å². The molecular formula is C22H18F3N7O. The van der Waals surface area contributed by atoms with Crippen molar-refractivity contribution in [1.82, 2.24) is 30.0 Å². The number of rotatable bonds is 5. The molecule has 0 aliphatic rings. The Morgan fingerprint density at radius 1 is 1.03 bits per heavy atom. The van der Waals surface area contributed by atoms with Gasteiger partial charge in [-0.25, -0.2) is 15.0 Å². The summed E-state index contributed by atoms with van der Waals surface area (Å²) in [5, 5.41) is 7.62. The highest BCUT2D eigenvalue weighted by Gasteiger charge is 2.33. The molecular weight excluding hydrogens is 435 g/mol. The number of carbonyl (C=O) groups is 1. The van der Waals surface area contributed by atoms with Crippen LogP contribution in [0.15, 0.2) is 54.9 Å². The number of halogens is 3. The lowest BCUT2D eigenvalue weighted by Crippen LogP contribution is -2.31. The molecule has 0 aliphatic heterocycles. The summed E-state index contributed by atoms with van der Waals surface area (Å²) >= 11 is 0. The largest absolute Gasteiger partial charge is 0.435 e. The number of nitrogens with zero attached hydrogens (tertiary/aromatic N) is 6. The third-order valence-electron chi connectivity index (χ3n) is 4.89. The van der Waals surface area contributed by atoms with Gasteiger partial charge in [-0.2, -0.15) is 18.3 Å². The Balaban J connectivity index is 1.66. The third kappa shape index (κ3) is 5.03. The average molecular weight is 453 g/mol. The van der Waals surface area contributed by atoms with Crippen molar-refractivity contribution < 1.29 is 18.0 Å². The van der Waals surface area contributed by atoms with Gasteiger partial charge in [-0.15, -0.1) is 5.10 Å². The van der Waals surface area contributed by atoms with Crippen LogP contribution in [-0.4, -0.2) is 36.0 Å². The van der Waals surface area contributed by atoms with Crippen LogP contribution >= 0.6 is 0 Å². The van der Waals surface area contributed by atoms with Gasteiger partial charge in [-0.3, -0.25) is 4.79 Å². The van der Waals surface area contributed by atoms with Crippen molar-refractivity contribution in [2.24, 2.45) is 0 Å². The number of hydrogen-bond donors (Lipinski definition) is 1. The van der Waals surface area contributed by atoms with Gasteiger partial charge >= 0.3 is 6.18 Å². The minimum absolute atomic E-state index is 0.0272. The minimum Gasteiger partial charge on any atom is -0.383 e. The second kappa shape index (κ2) is 8.77. The number of benzene rings is 1. The second-order valence-electron chi connectivity index (χ2n) is 7.33. The minimum atomic E-state index is -4.60. The fourth-order valence-corrected chi connectivity index (χ4v) is 3.19. The highest BCUT2D eigenvalue weighted by Crippen LogP contribution is 2.27. The summed E-state index contributed by atoms with van der Waals surface area (Å²) in [6.45, 7) is 1.76. The molecule has 8 nitrogen and oxygen atoms in total. The lowest BCUT2D eigenvalue weighted by Gasteiger charge is -2.22. The van der Waals surface area contributed by atoms with Gasteiger partial charge in [0.25, 0.3) is 5.91 Å². The smallest absolute Gasteiger partial charge is 0.383 e. The van der Waals surface area contributed by atoms with E-state index in [4.69, 9.17) is 5.73 Å². The summed E-state index contributed by atoms with van der Waals surface area (Å²) < 4.78 is 38.4. The molecule has 4 rings (SSSR count). The molecule has 3 heterocycles. The van der Waals surface area contributed by atoms with Gasteiger partial charge < -0.3 is 10.6 Å². The van der Waals surface area contributed by atoms with Crippen LogP contribution in [0.1, 0.15) is 33.1 Å². The SMILES string of the molecule is Cc1cc2cc(C(=O)N(Cc3ccc(C(F)(F)F)nn3)Cc3ncccn3)ccc2nc1N. The van der Waals surface area contributed by atoms with Crippen LogP contribution in [0.3, 0.4) is 0 Å². The second-order valence-corrected chi connectivity index (χ2v) is 7.33. The number of pyridine rings is 1. The maximum Gasteiger partial charge on any atom is 0.435 e. The molecule has 0 fully saturated rings. The molecule has 0 radical (unpaired) electrons. The fourth-order valence-electron chi connectivity index (χ4n) is 3.19. The first-order valence-electron chi connectivity index (χ1n) is 9.82. The lowest BCUT2D eigenvalue weighted by atomic mass is 10.1. The molecule has 168 valence electrons. The van der Waals surface area contributed by atoms with Gasteiger partial charge in [-0.1, -0.05) is 0 Å². The average Bonchev–Trinajstić information content (AvgIpc) is 2.79. The molecule has 0 spiro atoms. The molecule has 1 aromatic carbocycles. The maximum absolute atomic E-state index is 13.4. The van der Waals surface area contributed by atoms with Crippen molar-refractivity contribution >= 4 is 22.6 Å². The number of aryl methyl sites for hydroxylation is 1.